The molecule has 0 saturated carbocycles. The molecule has 0 aromatic heterocycles. The first-order chi connectivity index (χ1) is 12.4. The molecular weight excluding hydrogens is 332 g/mol. The molecule has 1 aliphatic heterocycles. The number of benzene rings is 2. The van der Waals surface area contributed by atoms with Crippen molar-refractivity contribution in [3.8, 4) is 0 Å². The second-order valence-electron chi connectivity index (χ2n) is 7.57. The first kappa shape index (κ1) is 18.8. The Kier molecular flexibility index (Phi) is 5.61. The molecule has 0 aliphatic carbocycles. The monoisotopic (exact) mass is 359 g/mol. The number of nitrogens with zero attached hydrogens (tertiary/aromatic N) is 1. The van der Waals surface area contributed by atoms with Crippen LogP contribution in [0.2, 0.25) is 0 Å². The highest BCUT2D eigenvalue weighted by molar-refractivity contribution is 5.55. The highest BCUT2D eigenvalue weighted by Crippen LogP contribution is 2.33. The molecule has 4 heteroatoms. The summed E-state index contributed by atoms with van der Waals surface area (Å²) in [4.78, 5) is 2.26. The van der Waals surface area contributed by atoms with Crippen molar-refractivity contribution in [3.05, 3.63) is 64.7 Å². The zero-order chi connectivity index (χ0) is 18.8. The summed E-state index contributed by atoms with van der Waals surface area (Å²) in [6, 6.07) is 11.2. The molecule has 1 fully saturated rings. The summed E-state index contributed by atoms with van der Waals surface area (Å²) in [6.45, 7) is 9.83. The van der Waals surface area contributed by atoms with Crippen molar-refractivity contribution in [3.63, 3.8) is 0 Å². The first-order valence-electron chi connectivity index (χ1n) is 9.32. The number of rotatable bonds is 4. The van der Waals surface area contributed by atoms with E-state index >= 15 is 0 Å². The molecule has 0 radical (unpaired) electrons. The van der Waals surface area contributed by atoms with Crippen LogP contribution >= 0.6 is 0 Å². The third kappa shape index (κ3) is 3.75. The van der Waals surface area contributed by atoms with Gasteiger partial charge in [0.1, 0.15) is 17.7 Å². The third-order valence-corrected chi connectivity index (χ3v) is 5.02. The van der Waals surface area contributed by atoms with E-state index in [1.165, 1.54) is 23.4 Å². The van der Waals surface area contributed by atoms with Crippen LogP contribution in [0.4, 0.5) is 14.5 Å². The van der Waals surface area contributed by atoms with Crippen molar-refractivity contribution < 1.29 is 13.5 Å². The quantitative estimate of drug-likeness (QED) is 0.685. The predicted molar refractivity (Wildman–Crippen MR) is 102 cm³/mol. The van der Waals surface area contributed by atoms with Crippen molar-refractivity contribution in [2.75, 3.05) is 24.6 Å². The van der Waals surface area contributed by atoms with E-state index < -0.39 is 11.6 Å². The molecule has 0 N–H and O–H groups in total. The standard InChI is InChI=1S/C22H27F2NO/c1-14(2)17-7-5-6-8-20(17)25-9-10-26-21(13-25)16-11-18(23)22(15(3)4)19(24)12-16/h5-8,11-12,14-15,21H,9-10,13H2,1-4H3. The molecule has 26 heavy (non-hydrogen) atoms. The Balaban J connectivity index is 1.88. The summed E-state index contributed by atoms with van der Waals surface area (Å²) in [7, 11) is 0. The van der Waals surface area contributed by atoms with Gasteiger partial charge in [-0.05, 0) is 41.2 Å². The summed E-state index contributed by atoms with van der Waals surface area (Å²) >= 11 is 0. The van der Waals surface area contributed by atoms with Crippen molar-refractivity contribution in [2.45, 2.75) is 45.6 Å². The first-order valence-corrected chi connectivity index (χ1v) is 9.32. The van der Waals surface area contributed by atoms with Crippen LogP contribution < -0.4 is 4.90 Å². The maximum absolute atomic E-state index is 14.4. The molecule has 0 spiro atoms. The lowest BCUT2D eigenvalue weighted by atomic mass is 9.97. The molecule has 2 aromatic rings. The number of hydrogen-bond acceptors (Lipinski definition) is 2. The minimum atomic E-state index is -0.488. The molecule has 1 aliphatic rings. The Hall–Kier alpha value is -1.94. The zero-order valence-electron chi connectivity index (χ0n) is 15.9. The lowest BCUT2D eigenvalue weighted by Gasteiger charge is -2.36. The van der Waals surface area contributed by atoms with E-state index in [-0.39, 0.29) is 17.6 Å². The van der Waals surface area contributed by atoms with Crippen LogP contribution in [0, 0.1) is 11.6 Å². The highest BCUT2D eigenvalue weighted by atomic mass is 19.1. The third-order valence-electron chi connectivity index (χ3n) is 5.02. The summed E-state index contributed by atoms with van der Waals surface area (Å²) < 4.78 is 34.6. The van der Waals surface area contributed by atoms with Gasteiger partial charge in [0.25, 0.3) is 0 Å². The van der Waals surface area contributed by atoms with Crippen molar-refractivity contribution >= 4 is 5.69 Å². The van der Waals surface area contributed by atoms with Gasteiger partial charge >= 0.3 is 0 Å². The Morgan fingerprint density at radius 1 is 1.00 bits per heavy atom. The van der Waals surface area contributed by atoms with Gasteiger partial charge in [0.05, 0.1) is 6.61 Å². The second-order valence-corrected chi connectivity index (χ2v) is 7.57. The summed E-state index contributed by atoms with van der Waals surface area (Å²) in [6.07, 6.45) is -0.339. The maximum atomic E-state index is 14.4. The predicted octanol–water partition coefficient (Wildman–Crippen LogP) is 5.79. The van der Waals surface area contributed by atoms with E-state index in [0.717, 1.165) is 6.54 Å². The lowest BCUT2D eigenvalue weighted by Crippen LogP contribution is -2.39. The van der Waals surface area contributed by atoms with Crippen LogP contribution in [-0.2, 0) is 4.74 Å². The van der Waals surface area contributed by atoms with Crippen LogP contribution in [0.25, 0.3) is 0 Å². The van der Waals surface area contributed by atoms with E-state index in [1.54, 1.807) is 13.8 Å². The van der Waals surface area contributed by atoms with Gasteiger partial charge in [-0.1, -0.05) is 45.9 Å². The molecular formula is C22H27F2NO. The Labute approximate surface area is 154 Å². The average Bonchev–Trinajstić information content (AvgIpc) is 2.61. The van der Waals surface area contributed by atoms with Gasteiger partial charge < -0.3 is 9.64 Å². The van der Waals surface area contributed by atoms with Crippen LogP contribution in [0.15, 0.2) is 36.4 Å². The Bertz CT molecular complexity index is 749. The minimum Gasteiger partial charge on any atom is -0.370 e. The van der Waals surface area contributed by atoms with Gasteiger partial charge in [-0.15, -0.1) is 0 Å². The van der Waals surface area contributed by atoms with Gasteiger partial charge in [-0.2, -0.15) is 0 Å². The molecule has 0 bridgehead atoms. The minimum absolute atomic E-state index is 0.145. The van der Waals surface area contributed by atoms with Gasteiger partial charge in [0, 0.05) is 24.3 Å². The number of morpholine rings is 1. The van der Waals surface area contributed by atoms with Crippen molar-refractivity contribution in [1.29, 1.82) is 0 Å². The topological polar surface area (TPSA) is 12.5 Å². The van der Waals surface area contributed by atoms with E-state index in [2.05, 4.69) is 30.9 Å². The van der Waals surface area contributed by atoms with E-state index in [9.17, 15) is 8.78 Å². The fraction of sp³-hybridized carbons (Fsp3) is 0.455. The number of anilines is 1. The molecule has 1 unspecified atom stereocenters. The average molecular weight is 359 g/mol. The molecule has 1 heterocycles. The van der Waals surface area contributed by atoms with E-state index in [4.69, 9.17) is 4.74 Å². The second kappa shape index (κ2) is 7.75. The summed E-state index contributed by atoms with van der Waals surface area (Å²) in [5.74, 6) is -0.755. The van der Waals surface area contributed by atoms with Crippen LogP contribution in [0.3, 0.4) is 0 Å². The smallest absolute Gasteiger partial charge is 0.129 e. The fourth-order valence-electron chi connectivity index (χ4n) is 3.67. The fourth-order valence-corrected chi connectivity index (χ4v) is 3.67. The van der Waals surface area contributed by atoms with Gasteiger partial charge in [-0.3, -0.25) is 0 Å². The number of para-hydroxylation sites is 1. The molecule has 1 atom stereocenters. The number of halogens is 2. The van der Waals surface area contributed by atoms with Crippen LogP contribution in [0.5, 0.6) is 0 Å². The molecule has 0 amide bonds. The van der Waals surface area contributed by atoms with E-state index in [1.807, 2.05) is 12.1 Å². The molecule has 2 nitrogen and oxygen atoms in total. The van der Waals surface area contributed by atoms with Crippen molar-refractivity contribution in [1.82, 2.24) is 0 Å². The lowest BCUT2D eigenvalue weighted by molar-refractivity contribution is 0.0393. The summed E-state index contributed by atoms with van der Waals surface area (Å²) in [5, 5.41) is 0. The van der Waals surface area contributed by atoms with Crippen molar-refractivity contribution in [2.24, 2.45) is 0 Å². The normalized spacial score (nSPS) is 18.0. The highest BCUT2D eigenvalue weighted by Gasteiger charge is 2.26. The van der Waals surface area contributed by atoms with Gasteiger partial charge in [-0.25, -0.2) is 8.78 Å². The molecule has 3 rings (SSSR count). The molecule has 140 valence electrons. The van der Waals surface area contributed by atoms with Gasteiger partial charge in [0.15, 0.2) is 0 Å². The van der Waals surface area contributed by atoms with Crippen LogP contribution in [0.1, 0.15) is 62.3 Å². The molecule has 1 saturated heterocycles. The molecule has 2 aromatic carbocycles. The largest absolute Gasteiger partial charge is 0.370 e. The van der Waals surface area contributed by atoms with Crippen LogP contribution in [-0.4, -0.2) is 19.7 Å². The van der Waals surface area contributed by atoms with E-state index in [0.29, 0.717) is 24.6 Å². The maximum Gasteiger partial charge on any atom is 0.129 e. The SMILES string of the molecule is CC(C)c1ccccc1N1CCOC(c2cc(F)c(C(C)C)c(F)c2)C1. The Morgan fingerprint density at radius 3 is 2.27 bits per heavy atom. The number of ether oxygens (including phenoxy) is 1. The van der Waals surface area contributed by atoms with Gasteiger partial charge in [0.2, 0.25) is 0 Å². The summed E-state index contributed by atoms with van der Waals surface area (Å²) in [5.41, 5.74) is 3.17. The Morgan fingerprint density at radius 2 is 1.65 bits per heavy atom. The number of hydrogen-bond donors (Lipinski definition) is 0. The zero-order valence-corrected chi connectivity index (χ0v) is 15.9.